The van der Waals surface area contributed by atoms with Crippen LogP contribution in [0.15, 0.2) is 0 Å². The zero-order valence-electron chi connectivity index (χ0n) is 15.5. The van der Waals surface area contributed by atoms with E-state index in [1.807, 2.05) is 0 Å². The maximum Gasteiger partial charge on any atom is 3.00 e. The Morgan fingerprint density at radius 3 is 0.821 bits per heavy atom. The van der Waals surface area contributed by atoms with Crippen LogP contribution in [0.4, 0.5) is 0 Å². The van der Waals surface area contributed by atoms with Gasteiger partial charge in [0.05, 0.1) is 37.5 Å². The molecule has 0 fully saturated rings. The average Bonchev–Trinajstić information content (AvgIpc) is 2.46. The summed E-state index contributed by atoms with van der Waals surface area (Å²) in [6, 6.07) is 0. The first kappa shape index (κ1) is 32.4. The van der Waals surface area contributed by atoms with Gasteiger partial charge in [-0.15, -0.1) is 0 Å². The second-order valence-corrected chi connectivity index (χ2v) is 4.84. The van der Waals surface area contributed by atoms with E-state index in [-0.39, 0.29) is 54.6 Å². The second-order valence-electron chi connectivity index (χ2n) is 4.84. The molecular formula is C12H24FeN9O6. The van der Waals surface area contributed by atoms with Crippen molar-refractivity contribution in [2.24, 2.45) is 17.2 Å². The number of carbonyl (C=O) groups is 3. The number of carboxylic acids is 3. The first-order valence-corrected chi connectivity index (χ1v) is 6.86. The third-order valence-electron chi connectivity index (χ3n) is 2.33. The molecule has 0 aromatic rings. The zero-order chi connectivity index (χ0) is 22.3. The summed E-state index contributed by atoms with van der Waals surface area (Å²) in [6.45, 7) is -1.01. The minimum atomic E-state index is -1.24. The van der Waals surface area contributed by atoms with Crippen LogP contribution in [0.3, 0.4) is 0 Å². The Morgan fingerprint density at radius 1 is 0.643 bits per heavy atom. The number of nitrogens with one attached hydrogen (secondary N) is 3. The molecule has 1 radical (unpaired) electrons. The van der Waals surface area contributed by atoms with Gasteiger partial charge in [0.2, 0.25) is 0 Å². The van der Waals surface area contributed by atoms with E-state index >= 15 is 0 Å². The number of nitrogens with zero attached hydrogens (tertiary/aromatic N) is 3. The molecule has 0 saturated heterocycles. The standard InChI is InChI=1S/3C4H9N3O2.Fe/c3*1-7(4(5)6)2-3(8)9;/h3*2H2,1H3,(H3,5,6)(H,8,9);/q;;;+3/p-3. The SMILES string of the molecule is CN(CC(=O)[O-])C(=N)N.CN(CC(=O)[O-])C(=N)N.CN(CC(=O)[O-])C(=N)N.[Fe+3]. The van der Waals surface area contributed by atoms with E-state index < -0.39 is 17.9 Å². The van der Waals surface area contributed by atoms with Crippen LogP contribution in [0.25, 0.3) is 0 Å². The summed E-state index contributed by atoms with van der Waals surface area (Å²) in [4.78, 5) is 32.6. The predicted molar refractivity (Wildman–Crippen MR) is 88.7 cm³/mol. The predicted octanol–water partition coefficient (Wildman–Crippen LogP) is -7.32. The van der Waals surface area contributed by atoms with Gasteiger partial charge in [0, 0.05) is 21.1 Å². The van der Waals surface area contributed by atoms with Crippen molar-refractivity contribution in [1.29, 1.82) is 16.2 Å². The maximum absolute atomic E-state index is 9.81. The molecule has 0 heterocycles. The number of nitrogens with two attached hydrogens (primary N) is 3. The smallest absolute Gasteiger partial charge is 0.548 e. The van der Waals surface area contributed by atoms with Crippen molar-refractivity contribution in [3.8, 4) is 0 Å². The molecule has 16 heteroatoms. The Labute approximate surface area is 172 Å². The van der Waals surface area contributed by atoms with Crippen molar-refractivity contribution in [3.05, 3.63) is 0 Å². The molecule has 0 aliphatic carbocycles. The summed E-state index contributed by atoms with van der Waals surface area (Å²) in [7, 11) is 4.20. The molecule has 0 atom stereocenters. The first-order valence-electron chi connectivity index (χ1n) is 6.86. The molecule has 0 aromatic carbocycles. The van der Waals surface area contributed by atoms with Gasteiger partial charge in [-0.1, -0.05) is 0 Å². The van der Waals surface area contributed by atoms with Crippen LogP contribution < -0.4 is 32.5 Å². The molecule has 0 bridgehead atoms. The van der Waals surface area contributed by atoms with Crippen LogP contribution in [-0.4, -0.2) is 91.3 Å². The summed E-state index contributed by atoms with van der Waals surface area (Å²) in [5.41, 5.74) is 14.7. The Balaban J connectivity index is -0.000000152. The van der Waals surface area contributed by atoms with Gasteiger partial charge < -0.3 is 61.6 Å². The quantitative estimate of drug-likeness (QED) is 0.126. The van der Waals surface area contributed by atoms with Crippen LogP contribution in [0.1, 0.15) is 0 Å². The molecule has 0 aliphatic rings. The summed E-state index contributed by atoms with van der Waals surface area (Å²) < 4.78 is 0. The minimum Gasteiger partial charge on any atom is -0.548 e. The van der Waals surface area contributed by atoms with Gasteiger partial charge in [-0.05, 0) is 0 Å². The molecule has 9 N–H and O–H groups in total. The molecule has 15 nitrogen and oxygen atoms in total. The fraction of sp³-hybridized carbons (Fsp3) is 0.500. The molecule has 0 aromatic heterocycles. The van der Waals surface area contributed by atoms with E-state index in [0.29, 0.717) is 0 Å². The second kappa shape index (κ2) is 17.2. The molecule has 0 rings (SSSR count). The third kappa shape index (κ3) is 25.0. The first-order chi connectivity index (χ1) is 12.1. The molecule has 28 heavy (non-hydrogen) atoms. The van der Waals surface area contributed by atoms with Gasteiger partial charge in [-0.2, -0.15) is 0 Å². The number of hydrogen-bond donors (Lipinski definition) is 6. The van der Waals surface area contributed by atoms with E-state index in [0.717, 1.165) is 14.7 Å². The number of rotatable bonds is 6. The van der Waals surface area contributed by atoms with E-state index in [1.165, 1.54) is 21.1 Å². The van der Waals surface area contributed by atoms with Crippen LogP contribution in [0.2, 0.25) is 0 Å². The Kier molecular flexibility index (Phi) is 19.9. The van der Waals surface area contributed by atoms with Crippen LogP contribution in [0.5, 0.6) is 0 Å². The normalized spacial score (nSPS) is 8.25. The van der Waals surface area contributed by atoms with Gasteiger partial charge in [0.15, 0.2) is 17.9 Å². The van der Waals surface area contributed by atoms with Gasteiger partial charge in [-0.25, -0.2) is 0 Å². The number of carboxylic acid groups (broad SMARTS) is 3. The maximum atomic E-state index is 9.81. The monoisotopic (exact) mass is 446 g/mol. The van der Waals surface area contributed by atoms with Gasteiger partial charge in [-0.3, -0.25) is 16.2 Å². The molecule has 161 valence electrons. The fourth-order valence-electron chi connectivity index (χ4n) is 0.836. The van der Waals surface area contributed by atoms with Crippen molar-refractivity contribution in [2.75, 3.05) is 40.8 Å². The number of aliphatic carboxylic acids is 3. The van der Waals surface area contributed by atoms with Crippen LogP contribution >= 0.6 is 0 Å². The van der Waals surface area contributed by atoms with E-state index in [2.05, 4.69) is 0 Å². The summed E-state index contributed by atoms with van der Waals surface area (Å²) in [5, 5.41) is 49.5. The number of carbonyl (C=O) groups excluding carboxylic acids is 3. The van der Waals surface area contributed by atoms with E-state index in [1.54, 1.807) is 0 Å². The Hall–Kier alpha value is -3.26. The summed E-state index contributed by atoms with van der Waals surface area (Å²) >= 11 is 0. The Morgan fingerprint density at radius 2 is 0.786 bits per heavy atom. The molecule has 0 aliphatic heterocycles. The third-order valence-corrected chi connectivity index (χ3v) is 2.33. The van der Waals surface area contributed by atoms with Gasteiger partial charge in [0.1, 0.15) is 0 Å². The molecule has 0 saturated carbocycles. The van der Waals surface area contributed by atoms with Crippen molar-refractivity contribution >= 4 is 35.8 Å². The average molecular weight is 446 g/mol. The van der Waals surface area contributed by atoms with Gasteiger partial charge in [0.25, 0.3) is 0 Å². The zero-order valence-corrected chi connectivity index (χ0v) is 16.6. The number of guanidine groups is 3. The van der Waals surface area contributed by atoms with E-state index in [4.69, 9.17) is 33.4 Å². The fourth-order valence-corrected chi connectivity index (χ4v) is 0.836. The number of likely N-dealkylation sites (N-methyl/N-ethyl adjacent to an activating group) is 3. The van der Waals surface area contributed by atoms with Crippen molar-refractivity contribution in [1.82, 2.24) is 14.7 Å². The number of hydrogen-bond acceptors (Lipinski definition) is 9. The molecule has 0 spiro atoms. The Bertz CT molecular complexity index is 484. The summed E-state index contributed by atoms with van der Waals surface area (Å²) in [6.07, 6.45) is 0. The molecule has 0 amide bonds. The van der Waals surface area contributed by atoms with Crippen molar-refractivity contribution in [2.45, 2.75) is 0 Å². The minimum absolute atomic E-state index is 0. The molecule has 0 unspecified atom stereocenters. The van der Waals surface area contributed by atoms with E-state index in [9.17, 15) is 29.7 Å². The summed E-state index contributed by atoms with van der Waals surface area (Å²) in [5.74, 6) is -4.56. The van der Waals surface area contributed by atoms with Gasteiger partial charge >= 0.3 is 17.1 Å². The van der Waals surface area contributed by atoms with Crippen LogP contribution in [-0.2, 0) is 31.5 Å². The largest absolute Gasteiger partial charge is 3.00 e. The topological polar surface area (TPSA) is 280 Å². The van der Waals surface area contributed by atoms with Crippen LogP contribution in [0, 0.1) is 16.2 Å². The van der Waals surface area contributed by atoms with Crippen molar-refractivity contribution < 1.29 is 46.8 Å². The molecular weight excluding hydrogens is 422 g/mol. The van der Waals surface area contributed by atoms with Crippen molar-refractivity contribution in [3.63, 3.8) is 0 Å².